The van der Waals surface area contributed by atoms with Crippen molar-refractivity contribution >= 4 is 22.9 Å². The van der Waals surface area contributed by atoms with Gasteiger partial charge in [-0.25, -0.2) is 9.18 Å². The smallest absolute Gasteiger partial charge is 0.328 e. The zero-order valence-corrected chi connectivity index (χ0v) is 18.5. The normalized spacial score (nSPS) is 19.3. The van der Waals surface area contributed by atoms with E-state index in [9.17, 15) is 9.18 Å². The fourth-order valence-corrected chi connectivity index (χ4v) is 4.78. The van der Waals surface area contributed by atoms with Crippen LogP contribution in [-0.4, -0.2) is 39.7 Å². The number of aromatic nitrogens is 1. The highest BCUT2D eigenvalue weighted by Gasteiger charge is 2.43. The van der Waals surface area contributed by atoms with Gasteiger partial charge in [0.15, 0.2) is 0 Å². The van der Waals surface area contributed by atoms with Gasteiger partial charge in [0, 0.05) is 40.3 Å². The maximum absolute atomic E-state index is 15.5. The summed E-state index contributed by atoms with van der Waals surface area (Å²) in [6, 6.07) is 12.4. The lowest BCUT2D eigenvalue weighted by atomic mass is 9.80. The molecule has 0 amide bonds. The number of hydrogen-bond acceptors (Lipinski definition) is 2. The molecule has 0 bridgehead atoms. The van der Waals surface area contributed by atoms with E-state index in [0.29, 0.717) is 17.7 Å². The van der Waals surface area contributed by atoms with E-state index in [2.05, 4.69) is 29.8 Å². The average molecular weight is 439 g/mol. The van der Waals surface area contributed by atoms with Crippen LogP contribution in [0.1, 0.15) is 49.2 Å². The Kier molecular flexibility index (Phi) is 5.91. The van der Waals surface area contributed by atoms with Crippen LogP contribution in [0.4, 0.5) is 8.78 Å². The number of fused-ring (bicyclic) bond motifs is 3. The molecule has 2 heterocycles. The molecule has 4 rings (SSSR count). The van der Waals surface area contributed by atoms with Crippen LogP contribution in [0.25, 0.3) is 17.0 Å². The second kappa shape index (κ2) is 8.51. The first-order valence-electron chi connectivity index (χ1n) is 10.8. The van der Waals surface area contributed by atoms with Gasteiger partial charge in [-0.1, -0.05) is 37.3 Å². The summed E-state index contributed by atoms with van der Waals surface area (Å²) < 4.78 is 29.0. The number of H-pyrrole nitrogens is 1. The average Bonchev–Trinajstić information content (AvgIpc) is 3.10. The zero-order chi connectivity index (χ0) is 23.0. The van der Waals surface area contributed by atoms with Gasteiger partial charge in [0.25, 0.3) is 0 Å². The number of hydrogen-bond donors (Lipinski definition) is 2. The summed E-state index contributed by atoms with van der Waals surface area (Å²) in [5, 5.41) is 9.98. The van der Waals surface area contributed by atoms with Crippen LogP contribution in [0, 0.1) is 11.7 Å². The molecular formula is C26H28F2N2O2. The molecule has 2 N–H and O–H groups in total. The topological polar surface area (TPSA) is 56.3 Å². The van der Waals surface area contributed by atoms with Crippen LogP contribution in [0.2, 0.25) is 0 Å². The number of para-hydroxylation sites is 1. The van der Waals surface area contributed by atoms with E-state index in [0.717, 1.165) is 34.7 Å². The van der Waals surface area contributed by atoms with Gasteiger partial charge in [-0.2, -0.15) is 0 Å². The maximum atomic E-state index is 15.5. The minimum absolute atomic E-state index is 0.191. The number of alkyl halides is 1. The van der Waals surface area contributed by atoms with Crippen molar-refractivity contribution in [2.45, 2.75) is 38.8 Å². The second-order valence-corrected chi connectivity index (χ2v) is 9.32. The summed E-state index contributed by atoms with van der Waals surface area (Å²) in [6.07, 6.45) is 3.13. The monoisotopic (exact) mass is 438 g/mol. The van der Waals surface area contributed by atoms with E-state index in [1.807, 2.05) is 25.1 Å². The summed E-state index contributed by atoms with van der Waals surface area (Å²) in [4.78, 5) is 16.5. The lowest BCUT2D eigenvalue weighted by Crippen LogP contribution is -2.53. The molecular weight excluding hydrogens is 410 g/mol. The van der Waals surface area contributed by atoms with Crippen LogP contribution in [0.3, 0.4) is 0 Å². The van der Waals surface area contributed by atoms with Gasteiger partial charge in [-0.3, -0.25) is 9.29 Å². The Balaban J connectivity index is 1.89. The summed E-state index contributed by atoms with van der Waals surface area (Å²) in [7, 11) is 0. The highest BCUT2D eigenvalue weighted by molar-refractivity contribution is 5.86. The third-order valence-corrected chi connectivity index (χ3v) is 6.33. The van der Waals surface area contributed by atoms with Gasteiger partial charge in [0.05, 0.1) is 12.7 Å². The minimum atomic E-state index is -1.09. The highest BCUT2D eigenvalue weighted by Crippen LogP contribution is 2.45. The summed E-state index contributed by atoms with van der Waals surface area (Å²) in [5.41, 5.74) is 3.74. The van der Waals surface area contributed by atoms with Gasteiger partial charge in [-0.05, 0) is 55.5 Å². The zero-order valence-electron chi connectivity index (χ0n) is 18.5. The molecule has 0 fully saturated rings. The Hall–Kier alpha value is -2.99. The van der Waals surface area contributed by atoms with Crippen molar-refractivity contribution in [1.82, 2.24) is 9.88 Å². The number of carbonyl (C=O) groups is 1. The predicted molar refractivity (Wildman–Crippen MR) is 123 cm³/mol. The van der Waals surface area contributed by atoms with Crippen molar-refractivity contribution in [3.8, 4) is 0 Å². The molecule has 0 aliphatic carbocycles. The second-order valence-electron chi connectivity index (χ2n) is 9.32. The highest BCUT2D eigenvalue weighted by atomic mass is 19.1. The van der Waals surface area contributed by atoms with E-state index in [-0.39, 0.29) is 11.5 Å². The Morgan fingerprint density at radius 2 is 2.06 bits per heavy atom. The number of nitrogens with one attached hydrogen (secondary N) is 1. The summed E-state index contributed by atoms with van der Waals surface area (Å²) in [6.45, 7) is 6.16. The third-order valence-electron chi connectivity index (χ3n) is 6.33. The standard InChI is InChI=1S/C26H28F2N2O2/c1-16(14-27)15-30-25(19-10-8-17(12-21(19)28)9-11-23(31)32)24-20(13-26(30,2)3)18-6-4-5-7-22(18)29-24/h4-12,16,25,29H,13-15H2,1-3H3,(H,31,32)/b11-9+/t16?,25-/m1/s1. The van der Waals surface area contributed by atoms with Crippen molar-refractivity contribution in [2.75, 3.05) is 13.2 Å². The molecule has 6 heteroatoms. The largest absolute Gasteiger partial charge is 0.478 e. The van der Waals surface area contributed by atoms with Crippen molar-refractivity contribution in [2.24, 2.45) is 5.92 Å². The SMILES string of the molecule is CC(CF)CN1[C@H](c2ccc(/C=C/C(=O)O)cc2F)c2[nH]c3ccccc3c2CC1(C)C. The molecule has 4 nitrogen and oxygen atoms in total. The molecule has 1 aliphatic heterocycles. The molecule has 168 valence electrons. The van der Waals surface area contributed by atoms with Crippen LogP contribution in [0.15, 0.2) is 48.5 Å². The lowest BCUT2D eigenvalue weighted by molar-refractivity contribution is -0.131. The first kappa shape index (κ1) is 22.2. The molecule has 1 aromatic heterocycles. The number of carboxylic acids is 1. The van der Waals surface area contributed by atoms with Crippen LogP contribution in [0.5, 0.6) is 0 Å². The Morgan fingerprint density at radius 3 is 2.75 bits per heavy atom. The minimum Gasteiger partial charge on any atom is -0.478 e. The molecule has 0 saturated heterocycles. The summed E-state index contributed by atoms with van der Waals surface area (Å²) >= 11 is 0. The Labute approximate surface area is 186 Å². The molecule has 2 aromatic carbocycles. The van der Waals surface area contributed by atoms with Crippen LogP contribution in [-0.2, 0) is 11.2 Å². The van der Waals surface area contributed by atoms with E-state index in [4.69, 9.17) is 5.11 Å². The number of rotatable bonds is 6. The summed E-state index contributed by atoms with van der Waals surface area (Å²) in [5.74, 6) is -1.69. The third kappa shape index (κ3) is 4.07. The van der Waals surface area contributed by atoms with Crippen molar-refractivity contribution < 1.29 is 18.7 Å². The van der Waals surface area contributed by atoms with Crippen molar-refractivity contribution in [3.63, 3.8) is 0 Å². The first-order valence-corrected chi connectivity index (χ1v) is 10.8. The Bertz CT molecular complexity index is 1180. The van der Waals surface area contributed by atoms with E-state index in [1.54, 1.807) is 12.1 Å². The van der Waals surface area contributed by atoms with Gasteiger partial charge >= 0.3 is 5.97 Å². The number of aliphatic carboxylic acids is 1. The molecule has 1 aliphatic rings. The molecule has 0 radical (unpaired) electrons. The number of aromatic amines is 1. The molecule has 1 unspecified atom stereocenters. The fraction of sp³-hybridized carbons (Fsp3) is 0.346. The van der Waals surface area contributed by atoms with Gasteiger partial charge in [0.2, 0.25) is 0 Å². The lowest BCUT2D eigenvalue weighted by Gasteiger charge is -2.48. The molecule has 0 spiro atoms. The van der Waals surface area contributed by atoms with Gasteiger partial charge in [-0.15, -0.1) is 0 Å². The number of benzene rings is 2. The number of nitrogens with zero attached hydrogens (tertiary/aromatic N) is 1. The molecule has 0 saturated carbocycles. The van der Waals surface area contributed by atoms with Crippen LogP contribution >= 0.6 is 0 Å². The number of carboxylic acid groups (broad SMARTS) is 1. The Morgan fingerprint density at radius 1 is 1.31 bits per heavy atom. The van der Waals surface area contributed by atoms with Crippen LogP contribution < -0.4 is 0 Å². The van der Waals surface area contributed by atoms with E-state index >= 15 is 4.39 Å². The maximum Gasteiger partial charge on any atom is 0.328 e. The molecule has 3 aromatic rings. The quantitative estimate of drug-likeness (QED) is 0.483. The molecule has 32 heavy (non-hydrogen) atoms. The first-order chi connectivity index (χ1) is 15.2. The van der Waals surface area contributed by atoms with Gasteiger partial charge in [0.1, 0.15) is 5.82 Å². The van der Waals surface area contributed by atoms with Crippen molar-refractivity contribution in [3.05, 3.63) is 76.7 Å². The fourth-order valence-electron chi connectivity index (χ4n) is 4.78. The molecule has 2 atom stereocenters. The van der Waals surface area contributed by atoms with E-state index in [1.165, 1.54) is 12.1 Å². The van der Waals surface area contributed by atoms with Gasteiger partial charge < -0.3 is 10.1 Å². The predicted octanol–water partition coefficient (Wildman–Crippen LogP) is 5.74. The number of halogens is 2. The van der Waals surface area contributed by atoms with Crippen molar-refractivity contribution in [1.29, 1.82) is 0 Å². The van der Waals surface area contributed by atoms with E-state index < -0.39 is 24.5 Å².